The van der Waals surface area contributed by atoms with Crippen LogP contribution < -0.4 is 4.74 Å². The van der Waals surface area contributed by atoms with Crippen molar-refractivity contribution in [3.63, 3.8) is 0 Å². The Kier molecular flexibility index (Phi) is 4.22. The van der Waals surface area contributed by atoms with E-state index in [9.17, 15) is 5.11 Å². The van der Waals surface area contributed by atoms with Crippen molar-refractivity contribution in [1.29, 1.82) is 0 Å². The Bertz CT molecular complexity index is 408. The molecule has 0 radical (unpaired) electrons. The third kappa shape index (κ3) is 2.36. The smallest absolute Gasteiger partial charge is 0.128 e. The molecule has 1 aliphatic heterocycles. The van der Waals surface area contributed by atoms with Crippen molar-refractivity contribution in [2.75, 3.05) is 26.3 Å². The maximum absolute atomic E-state index is 10.5. The Morgan fingerprint density at radius 3 is 2.89 bits per heavy atom. The number of benzene rings is 1. The highest BCUT2D eigenvalue weighted by atomic mass is 16.5. The zero-order chi connectivity index (χ0) is 13.1. The van der Waals surface area contributed by atoms with Crippen LogP contribution in [-0.2, 0) is 0 Å². The highest BCUT2D eigenvalue weighted by molar-refractivity contribution is 5.44. The molecule has 0 aliphatic carbocycles. The van der Waals surface area contributed by atoms with Crippen molar-refractivity contribution in [2.45, 2.75) is 26.0 Å². The summed E-state index contributed by atoms with van der Waals surface area (Å²) in [5, 5.41) is 19.5. The highest BCUT2D eigenvalue weighted by Crippen LogP contribution is 2.36. The largest absolute Gasteiger partial charge is 0.491 e. The number of para-hydroxylation sites is 1. The van der Waals surface area contributed by atoms with Crippen molar-refractivity contribution >= 4 is 0 Å². The number of ether oxygens (including phenoxy) is 1. The molecule has 0 spiro atoms. The fourth-order valence-corrected chi connectivity index (χ4v) is 2.56. The molecule has 4 nitrogen and oxygen atoms in total. The number of nitrogens with zero attached hydrogens (tertiary/aromatic N) is 1. The minimum absolute atomic E-state index is 0.0866. The molecule has 0 aromatic heterocycles. The summed E-state index contributed by atoms with van der Waals surface area (Å²) in [6.07, 6.45) is -0.555. The lowest BCUT2D eigenvalue weighted by Crippen LogP contribution is -2.47. The molecule has 1 aromatic rings. The third-order valence-electron chi connectivity index (χ3n) is 3.59. The predicted octanol–water partition coefficient (Wildman–Crippen LogP) is 1.10. The molecule has 18 heavy (non-hydrogen) atoms. The van der Waals surface area contributed by atoms with E-state index in [1.165, 1.54) is 0 Å². The van der Waals surface area contributed by atoms with E-state index in [2.05, 4.69) is 4.90 Å². The van der Waals surface area contributed by atoms with Crippen molar-refractivity contribution in [1.82, 2.24) is 4.90 Å². The lowest BCUT2D eigenvalue weighted by atomic mass is 9.96. The number of likely N-dealkylation sites (N-methyl/N-ethyl adjacent to an activating group) is 1. The monoisotopic (exact) mass is 251 g/mol. The number of aliphatic hydroxyl groups is 2. The van der Waals surface area contributed by atoms with Crippen LogP contribution in [0.25, 0.3) is 0 Å². The molecule has 2 atom stereocenters. The Balaban J connectivity index is 2.24. The van der Waals surface area contributed by atoms with Crippen LogP contribution in [0.5, 0.6) is 5.75 Å². The van der Waals surface area contributed by atoms with Crippen molar-refractivity contribution in [3.05, 3.63) is 29.3 Å². The molecule has 1 heterocycles. The van der Waals surface area contributed by atoms with E-state index < -0.39 is 6.10 Å². The van der Waals surface area contributed by atoms with Gasteiger partial charge in [0.25, 0.3) is 0 Å². The Labute approximate surface area is 108 Å². The van der Waals surface area contributed by atoms with Crippen LogP contribution in [0.15, 0.2) is 18.2 Å². The minimum atomic E-state index is -0.555. The highest BCUT2D eigenvalue weighted by Gasteiger charge is 2.33. The van der Waals surface area contributed by atoms with Gasteiger partial charge in [-0.05, 0) is 19.0 Å². The van der Waals surface area contributed by atoms with Gasteiger partial charge < -0.3 is 14.9 Å². The molecule has 0 saturated heterocycles. The van der Waals surface area contributed by atoms with E-state index in [0.717, 1.165) is 23.4 Å². The second kappa shape index (κ2) is 5.69. The molecule has 0 fully saturated rings. The lowest BCUT2D eigenvalue weighted by Gasteiger charge is -2.38. The van der Waals surface area contributed by atoms with Crippen LogP contribution in [0.4, 0.5) is 0 Å². The van der Waals surface area contributed by atoms with Crippen LogP contribution in [-0.4, -0.2) is 47.5 Å². The van der Waals surface area contributed by atoms with E-state index in [-0.39, 0.29) is 12.6 Å². The van der Waals surface area contributed by atoms with Gasteiger partial charge in [-0.15, -0.1) is 0 Å². The molecule has 0 saturated carbocycles. The average molecular weight is 251 g/mol. The van der Waals surface area contributed by atoms with Gasteiger partial charge >= 0.3 is 0 Å². The van der Waals surface area contributed by atoms with Crippen molar-refractivity contribution < 1.29 is 14.9 Å². The van der Waals surface area contributed by atoms with Gasteiger partial charge in [0.1, 0.15) is 18.5 Å². The number of fused-ring (bicyclic) bond motifs is 1. The molecule has 4 heteroatoms. The van der Waals surface area contributed by atoms with Crippen LogP contribution in [0.2, 0.25) is 0 Å². The standard InChI is InChI=1S/C14H21NO3/c1-3-15(7-8-16)12-9-18-14-10(2)5-4-6-11(14)13(12)17/h4-6,12-13,16-17H,3,7-9H2,1-2H3. The fraction of sp³-hybridized carbons (Fsp3) is 0.571. The van der Waals surface area contributed by atoms with Gasteiger partial charge in [-0.2, -0.15) is 0 Å². The summed E-state index contributed by atoms with van der Waals surface area (Å²) in [6, 6.07) is 5.74. The molecule has 2 rings (SSSR count). The van der Waals surface area contributed by atoms with Gasteiger partial charge in [-0.1, -0.05) is 25.1 Å². The molecule has 0 bridgehead atoms. The van der Waals surface area contributed by atoms with Crippen LogP contribution in [0.1, 0.15) is 24.2 Å². The average Bonchev–Trinajstić information content (AvgIpc) is 2.38. The number of aryl methyl sites for hydroxylation is 1. The predicted molar refractivity (Wildman–Crippen MR) is 69.8 cm³/mol. The van der Waals surface area contributed by atoms with Crippen molar-refractivity contribution in [3.8, 4) is 5.75 Å². The van der Waals surface area contributed by atoms with Gasteiger partial charge in [0.05, 0.1) is 12.6 Å². The SMILES string of the molecule is CCN(CCO)C1COc2c(C)cccc2C1O. The maximum Gasteiger partial charge on any atom is 0.128 e. The topological polar surface area (TPSA) is 52.9 Å². The first-order chi connectivity index (χ1) is 8.69. The molecule has 1 aromatic carbocycles. The summed E-state index contributed by atoms with van der Waals surface area (Å²) < 4.78 is 5.78. The summed E-state index contributed by atoms with van der Waals surface area (Å²) in [5.74, 6) is 0.807. The van der Waals surface area contributed by atoms with Gasteiger partial charge in [0.15, 0.2) is 0 Å². The summed E-state index contributed by atoms with van der Waals surface area (Å²) in [5.41, 5.74) is 1.90. The van der Waals surface area contributed by atoms with Gasteiger partial charge in [0, 0.05) is 12.1 Å². The molecular formula is C14H21NO3. The first-order valence-electron chi connectivity index (χ1n) is 6.44. The zero-order valence-corrected chi connectivity index (χ0v) is 11.0. The summed E-state index contributed by atoms with van der Waals surface area (Å²) in [7, 11) is 0. The number of hydrogen-bond donors (Lipinski definition) is 2. The fourth-order valence-electron chi connectivity index (χ4n) is 2.56. The van der Waals surface area contributed by atoms with E-state index in [4.69, 9.17) is 9.84 Å². The van der Waals surface area contributed by atoms with Gasteiger partial charge in [0.2, 0.25) is 0 Å². The molecule has 0 amide bonds. The molecule has 1 aliphatic rings. The van der Waals surface area contributed by atoms with Gasteiger partial charge in [-0.3, -0.25) is 4.90 Å². The van der Waals surface area contributed by atoms with Crippen LogP contribution in [0, 0.1) is 6.92 Å². The Morgan fingerprint density at radius 2 is 2.22 bits per heavy atom. The second-order valence-corrected chi connectivity index (χ2v) is 4.67. The Morgan fingerprint density at radius 1 is 1.44 bits per heavy atom. The van der Waals surface area contributed by atoms with Gasteiger partial charge in [-0.25, -0.2) is 0 Å². The maximum atomic E-state index is 10.5. The Hall–Kier alpha value is -1.10. The van der Waals surface area contributed by atoms with E-state index >= 15 is 0 Å². The second-order valence-electron chi connectivity index (χ2n) is 4.67. The summed E-state index contributed by atoms with van der Waals surface area (Å²) in [4.78, 5) is 2.05. The van der Waals surface area contributed by atoms with Crippen molar-refractivity contribution in [2.24, 2.45) is 0 Å². The summed E-state index contributed by atoms with van der Waals surface area (Å²) in [6.45, 7) is 5.91. The molecule has 2 N–H and O–H groups in total. The third-order valence-corrected chi connectivity index (χ3v) is 3.59. The van der Waals surface area contributed by atoms with E-state index in [1.54, 1.807) is 0 Å². The first kappa shape index (κ1) is 13.3. The lowest BCUT2D eigenvalue weighted by molar-refractivity contribution is -0.000632. The molecule has 100 valence electrons. The van der Waals surface area contributed by atoms with E-state index in [0.29, 0.717) is 13.2 Å². The van der Waals surface area contributed by atoms with Crippen LogP contribution >= 0.6 is 0 Å². The number of aliphatic hydroxyl groups excluding tert-OH is 2. The quantitative estimate of drug-likeness (QED) is 0.841. The molecular weight excluding hydrogens is 230 g/mol. The van der Waals surface area contributed by atoms with E-state index in [1.807, 2.05) is 32.0 Å². The minimum Gasteiger partial charge on any atom is -0.491 e. The number of hydrogen-bond acceptors (Lipinski definition) is 4. The normalized spacial score (nSPS) is 22.7. The number of rotatable bonds is 4. The van der Waals surface area contributed by atoms with Crippen LogP contribution in [0.3, 0.4) is 0 Å². The zero-order valence-electron chi connectivity index (χ0n) is 11.0. The summed E-state index contributed by atoms with van der Waals surface area (Å²) >= 11 is 0. The first-order valence-corrected chi connectivity index (χ1v) is 6.44. The molecule has 2 unspecified atom stereocenters.